The minimum Gasteiger partial charge on any atom is -0.726 e. The summed E-state index contributed by atoms with van der Waals surface area (Å²) < 4.78 is 38.2. The van der Waals surface area contributed by atoms with Gasteiger partial charge in [-0.2, -0.15) is 0 Å². The van der Waals surface area contributed by atoms with Crippen LogP contribution in [0, 0.1) is 46.3 Å². The summed E-state index contributed by atoms with van der Waals surface area (Å²) in [4.78, 5) is 22.6. The van der Waals surface area contributed by atoms with Crippen LogP contribution in [-0.2, 0) is 24.2 Å². The van der Waals surface area contributed by atoms with E-state index in [2.05, 4.69) is 26.1 Å². The van der Waals surface area contributed by atoms with Gasteiger partial charge < -0.3 is 24.9 Å². The van der Waals surface area contributed by atoms with Gasteiger partial charge in [0.1, 0.15) is 0 Å². The molecule has 4 rings (SSSR count). The van der Waals surface area contributed by atoms with E-state index in [4.69, 9.17) is 4.18 Å². The number of carbonyl (C=O) groups is 2. The quantitative estimate of drug-likeness (QED) is 0.357. The fourth-order valence-electron chi connectivity index (χ4n) is 9.23. The average Bonchev–Trinajstić information content (AvgIpc) is 3.13. The third-order valence-corrected chi connectivity index (χ3v) is 11.4. The number of amides is 1. The van der Waals surface area contributed by atoms with Gasteiger partial charge >= 0.3 is 0 Å². The summed E-state index contributed by atoms with van der Waals surface area (Å²) in [5.41, 5.74) is 0.0850. The third kappa shape index (κ3) is 5.33. The second-order valence-corrected chi connectivity index (χ2v) is 13.6. The van der Waals surface area contributed by atoms with Gasteiger partial charge in [0.05, 0.1) is 24.7 Å². The molecule has 0 aromatic heterocycles. The Morgan fingerprint density at radius 2 is 1.75 bits per heavy atom. The number of aliphatic hydroxyl groups is 1. The molecule has 2 N–H and O–H groups in total. The molecule has 4 aliphatic carbocycles. The van der Waals surface area contributed by atoms with Gasteiger partial charge in [-0.1, -0.05) is 20.8 Å². The van der Waals surface area contributed by atoms with Gasteiger partial charge in [-0.3, -0.25) is 8.98 Å². The van der Waals surface area contributed by atoms with Crippen molar-refractivity contribution in [2.75, 3.05) is 6.54 Å². The first-order valence-electron chi connectivity index (χ1n) is 13.5. The summed E-state index contributed by atoms with van der Waals surface area (Å²) in [6.07, 6.45) is 6.62. The van der Waals surface area contributed by atoms with Gasteiger partial charge in [0, 0.05) is 6.42 Å². The molecule has 9 nitrogen and oxygen atoms in total. The van der Waals surface area contributed by atoms with E-state index in [0.717, 1.165) is 32.1 Å². The highest BCUT2D eigenvalue weighted by Gasteiger charge is 2.63. The van der Waals surface area contributed by atoms with Gasteiger partial charge in [-0.15, -0.1) is 0 Å². The Bertz CT molecular complexity index is 956. The minimum atomic E-state index is -4.74. The Morgan fingerprint density at radius 1 is 1.08 bits per heavy atom. The Labute approximate surface area is 214 Å². The fraction of sp³-hybridized carbons (Fsp3) is 0.923. The number of carboxylic acids is 1. The number of carboxylic acid groups (broad SMARTS) is 1. The first kappa shape index (κ1) is 27.8. The van der Waals surface area contributed by atoms with Gasteiger partial charge in [0.2, 0.25) is 16.3 Å². The minimum absolute atomic E-state index is 0.00147. The Kier molecular flexibility index (Phi) is 7.84. The number of carbonyl (C=O) groups excluding carboxylic acids is 2. The Balaban J connectivity index is 1.43. The van der Waals surface area contributed by atoms with Gasteiger partial charge in [0.15, 0.2) is 0 Å². The highest BCUT2D eigenvalue weighted by atomic mass is 32.3. The molecular weight excluding hydrogens is 486 g/mol. The predicted molar refractivity (Wildman–Crippen MR) is 128 cm³/mol. The van der Waals surface area contributed by atoms with Crippen LogP contribution in [0.1, 0.15) is 85.0 Å². The lowest BCUT2D eigenvalue weighted by Gasteiger charge is -2.62. The van der Waals surface area contributed by atoms with Crippen LogP contribution in [0.15, 0.2) is 0 Å². The number of aliphatic hydroxyl groups excluding tert-OH is 1. The summed E-state index contributed by atoms with van der Waals surface area (Å²) >= 11 is 0. The zero-order valence-electron chi connectivity index (χ0n) is 21.6. The predicted octanol–water partition coefficient (Wildman–Crippen LogP) is 1.74. The molecule has 0 radical (unpaired) electrons. The molecule has 1 amide bonds. The zero-order valence-corrected chi connectivity index (χ0v) is 22.4. The summed E-state index contributed by atoms with van der Waals surface area (Å²) in [6, 6.07) is 0. The van der Waals surface area contributed by atoms with E-state index >= 15 is 0 Å². The molecule has 4 saturated carbocycles. The van der Waals surface area contributed by atoms with Gasteiger partial charge in [-0.25, -0.2) is 8.42 Å². The number of rotatable bonds is 8. The van der Waals surface area contributed by atoms with E-state index < -0.39 is 35.1 Å². The van der Waals surface area contributed by atoms with E-state index in [1.165, 1.54) is 0 Å². The maximum Gasteiger partial charge on any atom is 0.220 e. The maximum absolute atomic E-state index is 12.0. The number of aliphatic carboxylic acids is 1. The highest BCUT2D eigenvalue weighted by Crippen LogP contribution is 2.68. The smallest absolute Gasteiger partial charge is 0.220 e. The molecule has 0 unspecified atom stereocenters. The molecule has 0 aromatic carbocycles. The van der Waals surface area contributed by atoms with Crippen LogP contribution in [0.4, 0.5) is 0 Å². The first-order valence-corrected chi connectivity index (χ1v) is 14.9. The molecule has 0 aliphatic heterocycles. The topological polar surface area (TPSA) is 156 Å². The second-order valence-electron chi connectivity index (χ2n) is 12.6. The molecule has 0 aromatic rings. The molecule has 4 aliphatic rings. The van der Waals surface area contributed by atoms with Crippen LogP contribution in [0.3, 0.4) is 0 Å². The van der Waals surface area contributed by atoms with E-state index in [0.29, 0.717) is 55.8 Å². The maximum atomic E-state index is 12.0. The summed E-state index contributed by atoms with van der Waals surface area (Å²) in [7, 11) is -4.74. The first-order chi connectivity index (χ1) is 16.7. The van der Waals surface area contributed by atoms with Crippen molar-refractivity contribution in [1.29, 1.82) is 0 Å². The van der Waals surface area contributed by atoms with E-state index in [9.17, 15) is 32.8 Å². The molecule has 0 bridgehead atoms. The summed E-state index contributed by atoms with van der Waals surface area (Å²) in [5, 5.41) is 24.4. The van der Waals surface area contributed by atoms with Crippen LogP contribution < -0.4 is 10.4 Å². The normalized spacial score (nSPS) is 43.1. The van der Waals surface area contributed by atoms with Crippen LogP contribution in [0.25, 0.3) is 0 Å². The lowest BCUT2D eigenvalue weighted by molar-refractivity contribution is -0.304. The standard InChI is InChI=1S/C26H43NO8S/c1-15(4-7-22(29)27-14-23(30)31)18-5-6-19-24-20(9-11-26(18,19)3)25(2)10-8-17(35-36(32,33)34)12-16(25)13-21(24)28/h15-21,24,28H,4-14H2,1-3H3,(H,27,29)(H,30,31)(H,32,33,34)/p-2/t15-,16+,17-,18-,19+,20+,21-,24+,25+,26-/m1/s1. The molecule has 10 atom stereocenters. The molecule has 0 heterocycles. The molecular formula is C26H41NO8S-2. The zero-order chi connectivity index (χ0) is 26.5. The number of hydrogen-bond donors (Lipinski definition) is 2. The van der Waals surface area contributed by atoms with Crippen molar-refractivity contribution in [1.82, 2.24) is 5.32 Å². The largest absolute Gasteiger partial charge is 0.726 e. The van der Waals surface area contributed by atoms with E-state index in [-0.39, 0.29) is 28.6 Å². The average molecular weight is 528 g/mol. The fourth-order valence-corrected chi connectivity index (χ4v) is 9.74. The van der Waals surface area contributed by atoms with Crippen LogP contribution in [0.2, 0.25) is 0 Å². The lowest BCUT2D eigenvalue weighted by Crippen LogP contribution is -2.58. The Hall–Kier alpha value is -1.23. The molecule has 0 spiro atoms. The molecule has 0 saturated heterocycles. The molecule has 4 fully saturated rings. The van der Waals surface area contributed by atoms with E-state index in [1.54, 1.807) is 0 Å². The van der Waals surface area contributed by atoms with E-state index in [1.807, 2.05) is 0 Å². The van der Waals surface area contributed by atoms with Gasteiger partial charge in [0.25, 0.3) is 0 Å². The SMILES string of the molecule is C[C@H](CCC(=O)NCC(=O)[O-])[C@H]1CC[C@H]2[C@@H]3[C@H](O)C[C@@H]4C[C@H](OS(=O)(=O)[O-])CC[C@]4(C)[C@H]3CC[C@]12C. The van der Waals surface area contributed by atoms with Crippen molar-refractivity contribution in [2.45, 2.75) is 97.2 Å². The lowest BCUT2D eigenvalue weighted by atomic mass is 9.43. The van der Waals surface area contributed by atoms with Crippen LogP contribution in [-0.4, -0.2) is 48.7 Å². The summed E-state index contributed by atoms with van der Waals surface area (Å²) in [5.74, 6) is 0.303. The van der Waals surface area contributed by atoms with Crippen molar-refractivity contribution in [2.24, 2.45) is 46.3 Å². The summed E-state index contributed by atoms with van der Waals surface area (Å²) in [6.45, 7) is 6.39. The molecule has 36 heavy (non-hydrogen) atoms. The van der Waals surface area contributed by atoms with Gasteiger partial charge in [-0.05, 0) is 104 Å². The van der Waals surface area contributed by atoms with Crippen molar-refractivity contribution < 1.29 is 37.0 Å². The highest BCUT2D eigenvalue weighted by molar-refractivity contribution is 7.80. The van der Waals surface area contributed by atoms with Crippen LogP contribution in [0.5, 0.6) is 0 Å². The number of nitrogens with one attached hydrogen (secondary N) is 1. The Morgan fingerprint density at radius 3 is 2.42 bits per heavy atom. The van der Waals surface area contributed by atoms with Crippen molar-refractivity contribution in [3.8, 4) is 0 Å². The van der Waals surface area contributed by atoms with Crippen molar-refractivity contribution in [3.63, 3.8) is 0 Å². The van der Waals surface area contributed by atoms with Crippen molar-refractivity contribution >= 4 is 22.3 Å². The molecule has 206 valence electrons. The van der Waals surface area contributed by atoms with Crippen molar-refractivity contribution in [3.05, 3.63) is 0 Å². The number of hydrogen-bond acceptors (Lipinski definition) is 8. The monoisotopic (exact) mass is 527 g/mol. The number of fused-ring (bicyclic) bond motifs is 5. The molecule has 10 heteroatoms. The second kappa shape index (κ2) is 10.2. The van der Waals surface area contributed by atoms with Crippen LogP contribution >= 0.6 is 0 Å². The third-order valence-electron chi connectivity index (χ3n) is 10.9.